The van der Waals surface area contributed by atoms with E-state index in [1.165, 1.54) is 6.92 Å². The molecule has 2 rings (SSSR count). The van der Waals surface area contributed by atoms with Crippen molar-refractivity contribution in [2.75, 3.05) is 9.67 Å². The van der Waals surface area contributed by atoms with Crippen LogP contribution in [0.3, 0.4) is 0 Å². The minimum absolute atomic E-state index is 0.0108. The van der Waals surface area contributed by atoms with E-state index in [4.69, 9.17) is 23.6 Å². The van der Waals surface area contributed by atoms with Crippen LogP contribution in [0.4, 0.5) is 11.4 Å². The van der Waals surface area contributed by atoms with Gasteiger partial charge in [0.1, 0.15) is 0 Å². The molecule has 0 atom stereocenters. The standard InChI is InChI=1S/C14H12Cl2N2O/c1-9(19)14-8-12(18-16)6-7-13(14)10-2-4-11(17-15)5-3-10/h2-8,17-18H,1H3. The van der Waals surface area contributed by atoms with Crippen molar-refractivity contribution in [1.82, 2.24) is 0 Å². The van der Waals surface area contributed by atoms with Gasteiger partial charge < -0.3 is 0 Å². The Morgan fingerprint density at radius 1 is 0.947 bits per heavy atom. The fourth-order valence-electron chi connectivity index (χ4n) is 1.86. The third-order valence-electron chi connectivity index (χ3n) is 2.81. The molecular weight excluding hydrogens is 283 g/mol. The zero-order chi connectivity index (χ0) is 13.8. The summed E-state index contributed by atoms with van der Waals surface area (Å²) >= 11 is 11.1. The second-order valence-electron chi connectivity index (χ2n) is 4.08. The van der Waals surface area contributed by atoms with Gasteiger partial charge in [-0.1, -0.05) is 18.2 Å². The van der Waals surface area contributed by atoms with E-state index < -0.39 is 0 Å². The number of rotatable bonds is 4. The van der Waals surface area contributed by atoms with E-state index in [-0.39, 0.29) is 5.78 Å². The van der Waals surface area contributed by atoms with Crippen LogP contribution < -0.4 is 9.67 Å². The van der Waals surface area contributed by atoms with Crippen molar-refractivity contribution in [3.63, 3.8) is 0 Å². The lowest BCUT2D eigenvalue weighted by Crippen LogP contribution is -1.97. The molecule has 0 spiro atoms. The van der Waals surface area contributed by atoms with Crippen molar-refractivity contribution in [2.45, 2.75) is 6.92 Å². The zero-order valence-corrected chi connectivity index (χ0v) is 11.7. The highest BCUT2D eigenvalue weighted by Crippen LogP contribution is 2.28. The molecule has 2 aromatic rings. The lowest BCUT2D eigenvalue weighted by Gasteiger charge is -2.10. The van der Waals surface area contributed by atoms with Crippen molar-refractivity contribution in [3.05, 3.63) is 48.0 Å². The van der Waals surface area contributed by atoms with Crippen LogP contribution >= 0.6 is 23.6 Å². The number of hydrogen-bond donors (Lipinski definition) is 2. The number of carbonyl (C=O) groups is 1. The SMILES string of the molecule is CC(=O)c1cc(NCl)ccc1-c1ccc(NCl)cc1. The van der Waals surface area contributed by atoms with Crippen molar-refractivity contribution < 1.29 is 4.79 Å². The normalized spacial score (nSPS) is 10.1. The van der Waals surface area contributed by atoms with Gasteiger partial charge in [-0.2, -0.15) is 0 Å². The molecule has 98 valence electrons. The summed E-state index contributed by atoms with van der Waals surface area (Å²) < 4.78 is 0. The number of hydrogen-bond acceptors (Lipinski definition) is 3. The highest BCUT2D eigenvalue weighted by Gasteiger charge is 2.10. The van der Waals surface area contributed by atoms with Gasteiger partial charge in [0, 0.05) is 40.5 Å². The van der Waals surface area contributed by atoms with Gasteiger partial charge in [0.25, 0.3) is 0 Å². The largest absolute Gasteiger partial charge is 0.299 e. The first-order valence-corrected chi connectivity index (χ1v) is 6.40. The van der Waals surface area contributed by atoms with Crippen LogP contribution in [0.5, 0.6) is 0 Å². The average molecular weight is 295 g/mol. The maximum Gasteiger partial charge on any atom is 0.160 e. The van der Waals surface area contributed by atoms with Crippen molar-refractivity contribution in [1.29, 1.82) is 0 Å². The van der Waals surface area contributed by atoms with Gasteiger partial charge in [0.05, 0.1) is 0 Å². The van der Waals surface area contributed by atoms with Crippen LogP contribution in [0.1, 0.15) is 17.3 Å². The Labute approximate surface area is 121 Å². The quantitative estimate of drug-likeness (QED) is 0.635. The molecule has 0 aromatic heterocycles. The predicted octanol–water partition coefficient (Wildman–Crippen LogP) is 4.69. The minimum atomic E-state index is -0.0108. The Bertz CT molecular complexity index is 597. The Morgan fingerprint density at radius 3 is 2.05 bits per heavy atom. The number of carbonyl (C=O) groups excluding carboxylic acids is 1. The first-order valence-electron chi connectivity index (χ1n) is 5.64. The van der Waals surface area contributed by atoms with E-state index in [1.807, 2.05) is 36.4 Å². The Balaban J connectivity index is 2.50. The lowest BCUT2D eigenvalue weighted by molar-refractivity contribution is 0.101. The molecule has 0 aliphatic rings. The van der Waals surface area contributed by atoms with Crippen LogP contribution in [0.2, 0.25) is 0 Å². The summed E-state index contributed by atoms with van der Waals surface area (Å²) in [5.41, 5.74) is 3.92. The molecule has 19 heavy (non-hydrogen) atoms. The van der Waals surface area contributed by atoms with Crippen LogP contribution in [0.25, 0.3) is 11.1 Å². The number of ketones is 1. The smallest absolute Gasteiger partial charge is 0.160 e. The number of anilines is 2. The van der Waals surface area contributed by atoms with Gasteiger partial charge in [-0.05, 0) is 42.3 Å². The number of Topliss-reactive ketones (excluding diaryl/α,β-unsaturated/α-hetero) is 1. The summed E-state index contributed by atoms with van der Waals surface area (Å²) in [6.45, 7) is 1.53. The molecule has 0 aliphatic carbocycles. The first-order chi connectivity index (χ1) is 9.15. The summed E-state index contributed by atoms with van der Waals surface area (Å²) in [5, 5.41) is 0. The maximum absolute atomic E-state index is 11.7. The van der Waals surface area contributed by atoms with E-state index >= 15 is 0 Å². The van der Waals surface area contributed by atoms with Gasteiger partial charge in [-0.3, -0.25) is 14.5 Å². The second kappa shape index (κ2) is 5.95. The summed E-state index contributed by atoms with van der Waals surface area (Å²) in [4.78, 5) is 16.8. The monoisotopic (exact) mass is 294 g/mol. The third kappa shape index (κ3) is 3.00. The molecule has 0 fully saturated rings. The molecule has 0 amide bonds. The zero-order valence-electron chi connectivity index (χ0n) is 10.2. The summed E-state index contributed by atoms with van der Waals surface area (Å²) in [7, 11) is 0. The van der Waals surface area contributed by atoms with Gasteiger partial charge in [0.15, 0.2) is 5.78 Å². The fourth-order valence-corrected chi connectivity index (χ4v) is 2.10. The molecule has 3 nitrogen and oxygen atoms in total. The summed E-state index contributed by atoms with van der Waals surface area (Å²) in [6.07, 6.45) is 0. The van der Waals surface area contributed by atoms with Crippen molar-refractivity contribution in [2.24, 2.45) is 0 Å². The molecule has 0 aliphatic heterocycles. The Kier molecular flexibility index (Phi) is 4.30. The Morgan fingerprint density at radius 2 is 1.53 bits per heavy atom. The van der Waals surface area contributed by atoms with Gasteiger partial charge in [-0.15, -0.1) is 0 Å². The summed E-state index contributed by atoms with van der Waals surface area (Å²) in [5.74, 6) is -0.0108. The van der Waals surface area contributed by atoms with Crippen LogP contribution in [-0.4, -0.2) is 5.78 Å². The lowest BCUT2D eigenvalue weighted by atomic mass is 9.97. The fraction of sp³-hybridized carbons (Fsp3) is 0.0714. The minimum Gasteiger partial charge on any atom is -0.299 e. The molecule has 0 unspecified atom stereocenters. The van der Waals surface area contributed by atoms with E-state index in [1.54, 1.807) is 6.07 Å². The number of benzene rings is 2. The van der Waals surface area contributed by atoms with Crippen LogP contribution in [0.15, 0.2) is 42.5 Å². The van der Waals surface area contributed by atoms with E-state index in [2.05, 4.69) is 9.67 Å². The van der Waals surface area contributed by atoms with E-state index in [0.717, 1.165) is 16.8 Å². The maximum atomic E-state index is 11.7. The Hall–Kier alpha value is -1.71. The predicted molar refractivity (Wildman–Crippen MR) is 80.8 cm³/mol. The third-order valence-corrected chi connectivity index (χ3v) is 3.25. The van der Waals surface area contributed by atoms with Gasteiger partial charge >= 0.3 is 0 Å². The van der Waals surface area contributed by atoms with Crippen molar-refractivity contribution >= 4 is 40.7 Å². The first kappa shape index (κ1) is 13.7. The van der Waals surface area contributed by atoms with E-state index in [0.29, 0.717) is 11.3 Å². The second-order valence-corrected chi connectivity index (χ2v) is 4.46. The highest BCUT2D eigenvalue weighted by molar-refractivity contribution is 6.24. The average Bonchev–Trinajstić information content (AvgIpc) is 2.46. The van der Waals surface area contributed by atoms with Crippen LogP contribution in [-0.2, 0) is 0 Å². The highest BCUT2D eigenvalue weighted by atomic mass is 35.5. The molecule has 2 N–H and O–H groups in total. The van der Waals surface area contributed by atoms with E-state index in [9.17, 15) is 4.79 Å². The summed E-state index contributed by atoms with van der Waals surface area (Å²) in [6, 6.07) is 12.9. The van der Waals surface area contributed by atoms with Gasteiger partial charge in [0.2, 0.25) is 0 Å². The van der Waals surface area contributed by atoms with Crippen molar-refractivity contribution in [3.8, 4) is 11.1 Å². The number of nitrogens with one attached hydrogen (secondary N) is 2. The number of halogens is 2. The molecule has 5 heteroatoms. The molecule has 0 saturated heterocycles. The molecule has 0 heterocycles. The molecular formula is C14H12Cl2N2O. The molecule has 0 radical (unpaired) electrons. The molecule has 0 saturated carbocycles. The van der Waals surface area contributed by atoms with Gasteiger partial charge in [-0.25, -0.2) is 0 Å². The molecule has 0 bridgehead atoms. The topological polar surface area (TPSA) is 41.1 Å². The molecule has 2 aromatic carbocycles. The van der Waals surface area contributed by atoms with Crippen LogP contribution in [0, 0.1) is 0 Å².